The largest absolute Gasteiger partial charge is 0.370 e. The molecule has 170 valence electrons. The van der Waals surface area contributed by atoms with Crippen molar-refractivity contribution in [3.8, 4) is 0 Å². The number of nitrogens with one attached hydrogen (secondary N) is 2. The van der Waals surface area contributed by atoms with Crippen molar-refractivity contribution in [3.63, 3.8) is 0 Å². The maximum atomic E-state index is 13.8. The smallest absolute Gasteiger partial charge is 0.264 e. The van der Waals surface area contributed by atoms with Crippen molar-refractivity contribution in [2.24, 2.45) is 0 Å². The molecule has 0 bridgehead atoms. The number of hydrogen-bond donors (Lipinski definition) is 2. The van der Waals surface area contributed by atoms with Gasteiger partial charge in [-0.05, 0) is 36.8 Å². The Bertz CT molecular complexity index is 1100. The predicted molar refractivity (Wildman–Crippen MR) is 130 cm³/mol. The molecule has 5 rings (SSSR count). The van der Waals surface area contributed by atoms with Gasteiger partial charge in [0.2, 0.25) is 5.95 Å². The number of benzene rings is 1. The number of rotatable bonds is 7. The lowest BCUT2D eigenvalue weighted by atomic mass is 10.1. The van der Waals surface area contributed by atoms with Gasteiger partial charge in [-0.2, -0.15) is 0 Å². The highest BCUT2D eigenvalue weighted by Crippen LogP contribution is 2.33. The number of ether oxygens (including phenoxy) is 1. The topological polar surface area (TPSA) is 60.6 Å². The molecule has 1 aromatic carbocycles. The van der Waals surface area contributed by atoms with Gasteiger partial charge in [-0.3, -0.25) is 9.36 Å². The molecule has 0 radical (unpaired) electrons. The van der Waals surface area contributed by atoms with Gasteiger partial charge in [0.05, 0.1) is 31.7 Å². The fraction of sp³-hybridized carbons (Fsp3) is 0.520. The van der Waals surface area contributed by atoms with Crippen LogP contribution < -0.4 is 15.8 Å². The molecule has 0 spiro atoms. The van der Waals surface area contributed by atoms with Crippen LogP contribution in [0.3, 0.4) is 0 Å². The predicted octanol–water partition coefficient (Wildman–Crippen LogP) is 2.49. The lowest BCUT2D eigenvalue weighted by Crippen LogP contribution is -3.14. The number of thiophene rings is 1. The van der Waals surface area contributed by atoms with Crippen LogP contribution in [0, 0.1) is 0 Å². The Morgan fingerprint density at radius 1 is 1.09 bits per heavy atom. The number of aromatic nitrogens is 2. The van der Waals surface area contributed by atoms with Gasteiger partial charge < -0.3 is 15.0 Å². The summed E-state index contributed by atoms with van der Waals surface area (Å²) < 4.78 is 7.32. The zero-order chi connectivity index (χ0) is 21.8. The summed E-state index contributed by atoms with van der Waals surface area (Å²) in [5.41, 5.74) is 2.50. The van der Waals surface area contributed by atoms with Crippen LogP contribution in [0.1, 0.15) is 41.7 Å². The fourth-order valence-electron chi connectivity index (χ4n) is 4.91. The molecule has 1 fully saturated rings. The van der Waals surface area contributed by atoms with Gasteiger partial charge in [0.25, 0.3) is 5.56 Å². The quantitative estimate of drug-likeness (QED) is 0.426. The van der Waals surface area contributed by atoms with E-state index in [9.17, 15) is 4.79 Å². The van der Waals surface area contributed by atoms with Gasteiger partial charge in [0, 0.05) is 17.8 Å². The van der Waals surface area contributed by atoms with Crippen LogP contribution in [0.2, 0.25) is 0 Å². The van der Waals surface area contributed by atoms with E-state index in [0.29, 0.717) is 12.5 Å². The Labute approximate surface area is 193 Å². The van der Waals surface area contributed by atoms with E-state index in [2.05, 4.69) is 17.4 Å². The SMILES string of the molecule is O=c1c2c3c(sc2nc(NCCC[NH+]2CCOCC2)n1Cc1ccccc1)CCCCC3. The number of nitrogens with zero attached hydrogens (tertiary/aromatic N) is 2. The number of hydrogen-bond acceptors (Lipinski definition) is 5. The van der Waals surface area contributed by atoms with Crippen molar-refractivity contribution in [1.82, 2.24) is 9.55 Å². The third-order valence-corrected chi connectivity index (χ3v) is 7.88. The van der Waals surface area contributed by atoms with Gasteiger partial charge in [-0.1, -0.05) is 36.8 Å². The second-order valence-corrected chi connectivity index (χ2v) is 10.0. The Hall–Kier alpha value is -2.22. The summed E-state index contributed by atoms with van der Waals surface area (Å²) in [7, 11) is 0. The van der Waals surface area contributed by atoms with E-state index in [4.69, 9.17) is 9.72 Å². The van der Waals surface area contributed by atoms with Gasteiger partial charge in [0.1, 0.15) is 17.9 Å². The van der Waals surface area contributed by atoms with E-state index < -0.39 is 0 Å². The molecule has 1 saturated heterocycles. The van der Waals surface area contributed by atoms with Crippen molar-refractivity contribution >= 4 is 27.5 Å². The summed E-state index contributed by atoms with van der Waals surface area (Å²) in [6, 6.07) is 10.2. The summed E-state index contributed by atoms with van der Waals surface area (Å²) in [5.74, 6) is 0.708. The maximum Gasteiger partial charge on any atom is 0.264 e. The van der Waals surface area contributed by atoms with Crippen LogP contribution >= 0.6 is 11.3 Å². The zero-order valence-corrected chi connectivity index (χ0v) is 19.5. The number of quaternary nitrogens is 1. The number of fused-ring (bicyclic) bond motifs is 3. The molecule has 1 aliphatic heterocycles. The van der Waals surface area contributed by atoms with E-state index in [-0.39, 0.29) is 5.56 Å². The van der Waals surface area contributed by atoms with Gasteiger partial charge in [-0.25, -0.2) is 4.98 Å². The van der Waals surface area contributed by atoms with Crippen LogP contribution in [0.25, 0.3) is 10.2 Å². The first-order valence-corrected chi connectivity index (χ1v) is 12.9. The summed E-state index contributed by atoms with van der Waals surface area (Å²) in [4.78, 5) is 22.6. The molecule has 2 aliphatic rings. The van der Waals surface area contributed by atoms with E-state index in [1.54, 1.807) is 16.2 Å². The van der Waals surface area contributed by atoms with Gasteiger partial charge in [0.15, 0.2) is 0 Å². The Balaban J connectivity index is 1.43. The molecular formula is C25H33N4O2S+. The van der Waals surface area contributed by atoms with Crippen molar-refractivity contribution < 1.29 is 9.64 Å². The molecular weight excluding hydrogens is 420 g/mol. The lowest BCUT2D eigenvalue weighted by Gasteiger charge is -2.23. The summed E-state index contributed by atoms with van der Waals surface area (Å²) in [5, 5.41) is 4.38. The number of aryl methyl sites for hydroxylation is 2. The molecule has 0 amide bonds. The standard InChI is InChI=1S/C25H32N4O2S/c30-24-22-20-10-5-2-6-11-21(20)32-23(22)27-25(29(24)18-19-8-3-1-4-9-19)26-12-7-13-28-14-16-31-17-15-28/h1,3-4,8-9H,2,5-7,10-18H2,(H,26,27)/p+1. The molecule has 1 aliphatic carbocycles. The molecule has 32 heavy (non-hydrogen) atoms. The zero-order valence-electron chi connectivity index (χ0n) is 18.7. The van der Waals surface area contributed by atoms with Crippen LogP contribution in [0.15, 0.2) is 35.1 Å². The lowest BCUT2D eigenvalue weighted by molar-refractivity contribution is -0.908. The van der Waals surface area contributed by atoms with Crippen LogP contribution in [-0.2, 0) is 24.1 Å². The van der Waals surface area contributed by atoms with E-state index in [1.807, 2.05) is 22.8 Å². The molecule has 2 aromatic heterocycles. The van der Waals surface area contributed by atoms with Gasteiger partial charge >= 0.3 is 0 Å². The van der Waals surface area contributed by atoms with Crippen molar-refractivity contribution in [1.29, 1.82) is 0 Å². The molecule has 0 saturated carbocycles. The second kappa shape index (κ2) is 10.1. The maximum absolute atomic E-state index is 13.8. The van der Waals surface area contributed by atoms with Crippen LogP contribution in [0.4, 0.5) is 5.95 Å². The second-order valence-electron chi connectivity index (χ2n) is 8.95. The van der Waals surface area contributed by atoms with E-state index in [1.165, 1.54) is 29.7 Å². The first-order valence-electron chi connectivity index (χ1n) is 12.0. The third kappa shape index (κ3) is 4.75. The number of morpholine rings is 1. The molecule has 7 heteroatoms. The molecule has 2 N–H and O–H groups in total. The van der Waals surface area contributed by atoms with Crippen molar-refractivity contribution in [3.05, 3.63) is 56.7 Å². The highest BCUT2D eigenvalue weighted by molar-refractivity contribution is 7.18. The van der Waals surface area contributed by atoms with E-state index in [0.717, 1.165) is 74.4 Å². The molecule has 0 unspecified atom stereocenters. The highest BCUT2D eigenvalue weighted by atomic mass is 32.1. The third-order valence-electron chi connectivity index (χ3n) is 6.70. The minimum absolute atomic E-state index is 0.111. The monoisotopic (exact) mass is 453 g/mol. The summed E-state index contributed by atoms with van der Waals surface area (Å²) in [6.45, 7) is 6.38. The Morgan fingerprint density at radius 2 is 1.91 bits per heavy atom. The van der Waals surface area contributed by atoms with Crippen molar-refractivity contribution in [2.45, 2.75) is 45.1 Å². The molecule has 3 heterocycles. The Kier molecular flexibility index (Phi) is 6.86. The Morgan fingerprint density at radius 3 is 2.75 bits per heavy atom. The fourth-order valence-corrected chi connectivity index (χ4v) is 6.16. The normalized spacial score (nSPS) is 17.2. The average molecular weight is 454 g/mol. The van der Waals surface area contributed by atoms with Crippen molar-refractivity contribution in [2.75, 3.05) is 44.7 Å². The summed E-state index contributed by atoms with van der Waals surface area (Å²) >= 11 is 1.74. The van der Waals surface area contributed by atoms with Crippen LogP contribution in [-0.4, -0.2) is 48.9 Å². The first kappa shape index (κ1) is 21.6. The number of anilines is 1. The average Bonchev–Trinajstić information content (AvgIpc) is 3.01. The molecule has 6 nitrogen and oxygen atoms in total. The first-order chi connectivity index (χ1) is 15.8. The van der Waals surface area contributed by atoms with Crippen LogP contribution in [0.5, 0.6) is 0 Å². The van der Waals surface area contributed by atoms with E-state index >= 15 is 0 Å². The highest BCUT2D eigenvalue weighted by Gasteiger charge is 2.21. The minimum atomic E-state index is 0.111. The molecule has 0 atom stereocenters. The van der Waals surface area contributed by atoms with Gasteiger partial charge in [-0.15, -0.1) is 11.3 Å². The summed E-state index contributed by atoms with van der Waals surface area (Å²) in [6.07, 6.45) is 6.77. The minimum Gasteiger partial charge on any atom is -0.370 e. The molecule has 3 aromatic rings.